The van der Waals surface area contributed by atoms with E-state index in [1.807, 2.05) is 6.07 Å². The highest BCUT2D eigenvalue weighted by atomic mass is 14.8. The summed E-state index contributed by atoms with van der Waals surface area (Å²) in [5, 5.41) is 0. The van der Waals surface area contributed by atoms with Crippen LogP contribution >= 0.6 is 0 Å². The third-order valence-corrected chi connectivity index (χ3v) is 3.48. The first-order valence-corrected chi connectivity index (χ1v) is 5.66. The van der Waals surface area contributed by atoms with Gasteiger partial charge in [-0.15, -0.1) is 0 Å². The normalized spacial score (nSPS) is 19.3. The third-order valence-electron chi connectivity index (χ3n) is 3.48. The summed E-state index contributed by atoms with van der Waals surface area (Å²) in [5.74, 6) is 1.20. The molecule has 0 aromatic carbocycles. The minimum absolute atomic E-state index is 0.0706. The standard InChI is InChI=1S/C12H19N3/c1-8-6-7-15-12(14)10(8)11(13)9-4-2-3-5-9/h6-7,9,11H,2-5,13H2,1H3,(H2,14,15). The minimum Gasteiger partial charge on any atom is -0.383 e. The monoisotopic (exact) mass is 205 g/mol. The molecule has 2 rings (SSSR count). The van der Waals surface area contributed by atoms with Crippen molar-refractivity contribution in [3.63, 3.8) is 0 Å². The summed E-state index contributed by atoms with van der Waals surface area (Å²) in [6.45, 7) is 2.06. The van der Waals surface area contributed by atoms with Crippen molar-refractivity contribution in [3.8, 4) is 0 Å². The van der Waals surface area contributed by atoms with Crippen LogP contribution in [0.5, 0.6) is 0 Å². The van der Waals surface area contributed by atoms with Gasteiger partial charge in [0.05, 0.1) is 0 Å². The topological polar surface area (TPSA) is 64.9 Å². The van der Waals surface area contributed by atoms with Crippen molar-refractivity contribution < 1.29 is 0 Å². The van der Waals surface area contributed by atoms with Crippen LogP contribution in [-0.4, -0.2) is 4.98 Å². The van der Waals surface area contributed by atoms with Crippen molar-refractivity contribution >= 4 is 5.82 Å². The fraction of sp³-hybridized carbons (Fsp3) is 0.583. The predicted octanol–water partition coefficient (Wildman–Crippen LogP) is 2.16. The maximum atomic E-state index is 6.28. The molecule has 1 aliphatic rings. The van der Waals surface area contributed by atoms with E-state index in [0.29, 0.717) is 11.7 Å². The Morgan fingerprint density at radius 2 is 2.07 bits per heavy atom. The van der Waals surface area contributed by atoms with E-state index in [4.69, 9.17) is 11.5 Å². The largest absolute Gasteiger partial charge is 0.383 e. The molecule has 0 bridgehead atoms. The van der Waals surface area contributed by atoms with Crippen LogP contribution in [0.1, 0.15) is 42.9 Å². The molecular formula is C12H19N3. The van der Waals surface area contributed by atoms with E-state index in [-0.39, 0.29) is 6.04 Å². The Morgan fingerprint density at radius 3 is 2.67 bits per heavy atom. The summed E-state index contributed by atoms with van der Waals surface area (Å²) in [5.41, 5.74) is 14.4. The highest BCUT2D eigenvalue weighted by Crippen LogP contribution is 2.36. The zero-order valence-electron chi connectivity index (χ0n) is 9.24. The zero-order chi connectivity index (χ0) is 10.8. The van der Waals surface area contributed by atoms with Gasteiger partial charge in [-0.3, -0.25) is 0 Å². The average Bonchev–Trinajstić information content (AvgIpc) is 2.69. The molecular weight excluding hydrogens is 186 g/mol. The Bertz CT molecular complexity index is 322. The fourth-order valence-electron chi connectivity index (χ4n) is 2.58. The van der Waals surface area contributed by atoms with E-state index in [2.05, 4.69) is 11.9 Å². The number of hydrogen-bond donors (Lipinski definition) is 2. The summed E-state index contributed by atoms with van der Waals surface area (Å²) >= 11 is 0. The van der Waals surface area contributed by atoms with Crippen LogP contribution < -0.4 is 11.5 Å². The van der Waals surface area contributed by atoms with Crippen LogP contribution in [0.3, 0.4) is 0 Å². The lowest BCUT2D eigenvalue weighted by atomic mass is 9.90. The molecule has 82 valence electrons. The highest BCUT2D eigenvalue weighted by Gasteiger charge is 2.25. The van der Waals surface area contributed by atoms with E-state index < -0.39 is 0 Å². The molecule has 0 spiro atoms. The highest BCUT2D eigenvalue weighted by molar-refractivity contribution is 5.46. The molecule has 1 aromatic rings. The predicted molar refractivity (Wildman–Crippen MR) is 62.3 cm³/mol. The molecule has 0 amide bonds. The molecule has 0 aliphatic heterocycles. The van der Waals surface area contributed by atoms with Crippen LogP contribution in [0.15, 0.2) is 12.3 Å². The van der Waals surface area contributed by atoms with E-state index in [1.54, 1.807) is 6.20 Å². The molecule has 1 saturated carbocycles. The van der Waals surface area contributed by atoms with Gasteiger partial charge in [-0.1, -0.05) is 12.8 Å². The molecule has 15 heavy (non-hydrogen) atoms. The molecule has 1 atom stereocenters. The average molecular weight is 205 g/mol. The first-order chi connectivity index (χ1) is 7.20. The summed E-state index contributed by atoms with van der Waals surface area (Å²) in [6, 6.07) is 2.06. The number of pyridine rings is 1. The van der Waals surface area contributed by atoms with Gasteiger partial charge in [0.2, 0.25) is 0 Å². The van der Waals surface area contributed by atoms with Gasteiger partial charge in [-0.2, -0.15) is 0 Å². The van der Waals surface area contributed by atoms with Gasteiger partial charge in [-0.05, 0) is 37.3 Å². The van der Waals surface area contributed by atoms with Gasteiger partial charge in [0.1, 0.15) is 5.82 Å². The Morgan fingerprint density at radius 1 is 1.40 bits per heavy atom. The lowest BCUT2D eigenvalue weighted by Crippen LogP contribution is -2.22. The molecule has 1 unspecified atom stereocenters. The number of aryl methyl sites for hydroxylation is 1. The van der Waals surface area contributed by atoms with Crippen molar-refractivity contribution in [3.05, 3.63) is 23.4 Å². The molecule has 1 aromatic heterocycles. The van der Waals surface area contributed by atoms with Gasteiger partial charge < -0.3 is 11.5 Å². The number of nitrogen functional groups attached to an aromatic ring is 1. The Balaban J connectivity index is 2.27. The van der Waals surface area contributed by atoms with Gasteiger partial charge >= 0.3 is 0 Å². The first-order valence-electron chi connectivity index (χ1n) is 5.66. The summed E-state index contributed by atoms with van der Waals surface area (Å²) in [7, 11) is 0. The third kappa shape index (κ3) is 1.97. The summed E-state index contributed by atoms with van der Waals surface area (Å²) in [6.07, 6.45) is 6.81. The van der Waals surface area contributed by atoms with E-state index >= 15 is 0 Å². The molecule has 1 aliphatic carbocycles. The Labute approximate surface area is 90.9 Å². The van der Waals surface area contributed by atoms with Crippen LogP contribution in [-0.2, 0) is 0 Å². The maximum Gasteiger partial charge on any atom is 0.128 e. The Kier molecular flexibility index (Phi) is 2.91. The molecule has 1 fully saturated rings. The van der Waals surface area contributed by atoms with Gasteiger partial charge in [-0.25, -0.2) is 4.98 Å². The lowest BCUT2D eigenvalue weighted by Gasteiger charge is -2.21. The van der Waals surface area contributed by atoms with Crippen molar-refractivity contribution in [2.24, 2.45) is 11.7 Å². The maximum absolute atomic E-state index is 6.28. The smallest absolute Gasteiger partial charge is 0.128 e. The summed E-state index contributed by atoms with van der Waals surface area (Å²) in [4.78, 5) is 4.13. The number of nitrogens with zero attached hydrogens (tertiary/aromatic N) is 1. The minimum atomic E-state index is 0.0706. The van der Waals surface area contributed by atoms with Crippen LogP contribution in [0, 0.1) is 12.8 Å². The Hall–Kier alpha value is -1.09. The van der Waals surface area contributed by atoms with E-state index in [0.717, 1.165) is 5.56 Å². The van der Waals surface area contributed by atoms with Gasteiger partial charge in [0.15, 0.2) is 0 Å². The van der Waals surface area contributed by atoms with Gasteiger partial charge in [0, 0.05) is 17.8 Å². The second kappa shape index (κ2) is 4.19. The number of nitrogens with two attached hydrogens (primary N) is 2. The SMILES string of the molecule is Cc1ccnc(N)c1C(N)C1CCCC1. The van der Waals surface area contributed by atoms with Crippen LogP contribution in [0.4, 0.5) is 5.82 Å². The molecule has 0 saturated heterocycles. The van der Waals surface area contributed by atoms with Crippen molar-refractivity contribution in [2.45, 2.75) is 38.6 Å². The molecule has 3 nitrogen and oxygen atoms in total. The molecule has 1 heterocycles. The fourth-order valence-corrected chi connectivity index (χ4v) is 2.58. The molecule has 3 heteroatoms. The van der Waals surface area contributed by atoms with E-state index in [9.17, 15) is 0 Å². The lowest BCUT2D eigenvalue weighted by molar-refractivity contribution is 0.444. The quantitative estimate of drug-likeness (QED) is 0.777. The zero-order valence-corrected chi connectivity index (χ0v) is 9.24. The number of hydrogen-bond acceptors (Lipinski definition) is 3. The second-order valence-corrected chi connectivity index (χ2v) is 4.50. The first kappa shape index (κ1) is 10.4. The second-order valence-electron chi connectivity index (χ2n) is 4.50. The number of rotatable bonds is 2. The van der Waals surface area contributed by atoms with Crippen LogP contribution in [0.2, 0.25) is 0 Å². The number of anilines is 1. The van der Waals surface area contributed by atoms with Crippen molar-refractivity contribution in [1.82, 2.24) is 4.98 Å². The van der Waals surface area contributed by atoms with Gasteiger partial charge in [0.25, 0.3) is 0 Å². The summed E-state index contributed by atoms with van der Waals surface area (Å²) < 4.78 is 0. The number of aromatic nitrogens is 1. The van der Waals surface area contributed by atoms with Crippen molar-refractivity contribution in [2.75, 3.05) is 5.73 Å². The molecule has 4 N–H and O–H groups in total. The van der Waals surface area contributed by atoms with Crippen LogP contribution in [0.25, 0.3) is 0 Å². The van der Waals surface area contributed by atoms with E-state index in [1.165, 1.54) is 31.2 Å². The molecule has 0 radical (unpaired) electrons. The van der Waals surface area contributed by atoms with Crippen molar-refractivity contribution in [1.29, 1.82) is 0 Å².